The number of halogens is 1. The van der Waals surface area contributed by atoms with Crippen molar-refractivity contribution in [3.8, 4) is 0 Å². The van der Waals surface area contributed by atoms with Crippen molar-refractivity contribution < 1.29 is 23.2 Å². The number of hydrogen-bond acceptors (Lipinski definition) is 6. The molecule has 0 fully saturated rings. The summed E-state index contributed by atoms with van der Waals surface area (Å²) in [5.41, 5.74) is -0.140. The summed E-state index contributed by atoms with van der Waals surface area (Å²) in [4.78, 5) is 27.3. The van der Waals surface area contributed by atoms with Gasteiger partial charge in [-0.2, -0.15) is 4.98 Å². The van der Waals surface area contributed by atoms with Gasteiger partial charge in [0.1, 0.15) is 12.4 Å². The van der Waals surface area contributed by atoms with Gasteiger partial charge in [-0.3, -0.25) is 9.59 Å². The molecule has 0 aliphatic rings. The fourth-order valence-corrected chi connectivity index (χ4v) is 1.65. The van der Waals surface area contributed by atoms with Crippen molar-refractivity contribution in [1.82, 2.24) is 15.5 Å². The molecular formula is C15H16FN3O4. The number of benzene rings is 1. The molecule has 2 aromatic rings. The third-order valence-corrected chi connectivity index (χ3v) is 2.87. The first kappa shape index (κ1) is 16.6. The number of esters is 1. The number of nitrogens with one attached hydrogen (secondary N) is 1. The molecule has 1 N–H and O–H groups in total. The number of hydrogen-bond donors (Lipinski definition) is 1. The van der Waals surface area contributed by atoms with Crippen LogP contribution in [0.4, 0.5) is 4.39 Å². The molecule has 1 aromatic heterocycles. The predicted molar refractivity (Wildman–Crippen MR) is 76.9 cm³/mol. The maximum atomic E-state index is 13.4. The highest BCUT2D eigenvalue weighted by atomic mass is 19.1. The molecular weight excluding hydrogens is 305 g/mol. The second-order valence-corrected chi connectivity index (χ2v) is 5.02. The molecule has 122 valence electrons. The Morgan fingerprint density at radius 1 is 1.35 bits per heavy atom. The van der Waals surface area contributed by atoms with Gasteiger partial charge in [0, 0.05) is 5.92 Å². The number of aromatic nitrogens is 2. The molecule has 0 bridgehead atoms. The van der Waals surface area contributed by atoms with Crippen LogP contribution in [0.1, 0.15) is 41.8 Å². The topological polar surface area (TPSA) is 94.3 Å². The molecule has 1 amide bonds. The van der Waals surface area contributed by atoms with Gasteiger partial charge in [-0.15, -0.1) is 0 Å². The fraction of sp³-hybridized carbons (Fsp3) is 0.333. The maximum Gasteiger partial charge on any atom is 0.325 e. The number of carbonyl (C=O) groups is 2. The van der Waals surface area contributed by atoms with E-state index in [4.69, 9.17) is 9.26 Å². The van der Waals surface area contributed by atoms with Gasteiger partial charge >= 0.3 is 5.97 Å². The summed E-state index contributed by atoms with van der Waals surface area (Å²) in [6, 6.07) is 5.48. The summed E-state index contributed by atoms with van der Waals surface area (Å²) in [7, 11) is 0. The number of amides is 1. The van der Waals surface area contributed by atoms with Crippen LogP contribution in [-0.2, 0) is 16.1 Å². The summed E-state index contributed by atoms with van der Waals surface area (Å²) < 4.78 is 23.2. The molecule has 1 aromatic carbocycles. The Labute approximate surface area is 131 Å². The van der Waals surface area contributed by atoms with Crippen LogP contribution in [0.15, 0.2) is 28.8 Å². The van der Waals surface area contributed by atoms with E-state index in [0.717, 1.165) is 6.07 Å². The van der Waals surface area contributed by atoms with Crippen LogP contribution in [-0.4, -0.2) is 28.6 Å². The van der Waals surface area contributed by atoms with Gasteiger partial charge < -0.3 is 14.6 Å². The summed E-state index contributed by atoms with van der Waals surface area (Å²) in [6.07, 6.45) is 0. The molecule has 0 saturated carbocycles. The van der Waals surface area contributed by atoms with Crippen molar-refractivity contribution in [3.05, 3.63) is 47.4 Å². The molecule has 2 rings (SSSR count). The lowest BCUT2D eigenvalue weighted by atomic mass is 10.2. The molecule has 0 saturated heterocycles. The van der Waals surface area contributed by atoms with Gasteiger partial charge in [0.25, 0.3) is 11.8 Å². The normalized spacial score (nSPS) is 10.6. The Morgan fingerprint density at radius 2 is 2.09 bits per heavy atom. The standard InChI is InChI=1S/C15H16FN3O4/c1-9(2)14-18-12(23-19-14)8-22-13(20)7-17-15(21)10-5-3-4-6-11(10)16/h3-6,9H,7-8H2,1-2H3,(H,17,21). The number of carbonyl (C=O) groups excluding carboxylic acids is 2. The van der Waals surface area contributed by atoms with E-state index in [9.17, 15) is 14.0 Å². The lowest BCUT2D eigenvalue weighted by molar-refractivity contribution is -0.144. The Morgan fingerprint density at radius 3 is 2.74 bits per heavy atom. The van der Waals surface area contributed by atoms with Gasteiger partial charge in [-0.25, -0.2) is 4.39 Å². The van der Waals surface area contributed by atoms with Crippen LogP contribution in [0.5, 0.6) is 0 Å². The van der Waals surface area contributed by atoms with Crippen molar-refractivity contribution in [1.29, 1.82) is 0 Å². The highest BCUT2D eigenvalue weighted by molar-refractivity contribution is 5.96. The highest BCUT2D eigenvalue weighted by Crippen LogP contribution is 2.10. The Bertz CT molecular complexity index is 700. The minimum absolute atomic E-state index is 0.100. The zero-order valence-electron chi connectivity index (χ0n) is 12.7. The molecule has 23 heavy (non-hydrogen) atoms. The lowest BCUT2D eigenvalue weighted by Gasteiger charge is -2.05. The number of rotatable bonds is 6. The Kier molecular flexibility index (Phi) is 5.40. The second kappa shape index (κ2) is 7.48. The molecule has 7 nitrogen and oxygen atoms in total. The summed E-state index contributed by atoms with van der Waals surface area (Å²) in [5.74, 6) is -1.26. The van der Waals surface area contributed by atoms with Crippen LogP contribution in [0.3, 0.4) is 0 Å². The monoisotopic (exact) mass is 321 g/mol. The summed E-state index contributed by atoms with van der Waals surface area (Å²) in [5, 5.41) is 6.01. The number of ether oxygens (including phenoxy) is 1. The average molecular weight is 321 g/mol. The third-order valence-electron chi connectivity index (χ3n) is 2.87. The third kappa shape index (κ3) is 4.60. The zero-order valence-corrected chi connectivity index (χ0v) is 12.7. The summed E-state index contributed by atoms with van der Waals surface area (Å²) >= 11 is 0. The SMILES string of the molecule is CC(C)c1noc(COC(=O)CNC(=O)c2ccccc2F)n1. The van der Waals surface area contributed by atoms with Gasteiger partial charge in [-0.1, -0.05) is 31.1 Å². The van der Waals surface area contributed by atoms with Crippen LogP contribution in [0, 0.1) is 5.82 Å². The first-order valence-electron chi connectivity index (χ1n) is 6.98. The first-order chi connectivity index (χ1) is 11.0. The summed E-state index contributed by atoms with van der Waals surface area (Å²) in [6.45, 7) is 3.23. The van der Waals surface area contributed by atoms with E-state index in [1.807, 2.05) is 13.8 Å². The van der Waals surface area contributed by atoms with E-state index in [1.54, 1.807) is 0 Å². The van der Waals surface area contributed by atoms with E-state index in [-0.39, 0.29) is 24.0 Å². The molecule has 8 heteroatoms. The van der Waals surface area contributed by atoms with Crippen LogP contribution >= 0.6 is 0 Å². The lowest BCUT2D eigenvalue weighted by Crippen LogP contribution is -2.31. The van der Waals surface area contributed by atoms with E-state index in [2.05, 4.69) is 15.5 Å². The van der Waals surface area contributed by atoms with Gasteiger partial charge in [0.05, 0.1) is 5.56 Å². The van der Waals surface area contributed by atoms with Gasteiger partial charge in [0.15, 0.2) is 12.4 Å². The van der Waals surface area contributed by atoms with Crippen molar-refractivity contribution in [3.63, 3.8) is 0 Å². The molecule has 0 radical (unpaired) electrons. The molecule has 0 atom stereocenters. The number of nitrogens with zero attached hydrogens (tertiary/aromatic N) is 2. The van der Waals surface area contributed by atoms with Crippen LogP contribution < -0.4 is 5.32 Å². The molecule has 1 heterocycles. The molecule has 0 aliphatic heterocycles. The molecule has 0 aliphatic carbocycles. The smallest absolute Gasteiger partial charge is 0.325 e. The highest BCUT2D eigenvalue weighted by Gasteiger charge is 2.14. The van der Waals surface area contributed by atoms with E-state index in [1.165, 1.54) is 18.2 Å². The van der Waals surface area contributed by atoms with Gasteiger partial charge in [-0.05, 0) is 12.1 Å². The molecule has 0 unspecified atom stereocenters. The maximum absolute atomic E-state index is 13.4. The quantitative estimate of drug-likeness (QED) is 0.815. The van der Waals surface area contributed by atoms with E-state index in [0.29, 0.717) is 5.82 Å². The van der Waals surface area contributed by atoms with Crippen molar-refractivity contribution in [2.75, 3.05) is 6.54 Å². The minimum Gasteiger partial charge on any atom is -0.454 e. The minimum atomic E-state index is -0.695. The van der Waals surface area contributed by atoms with Crippen LogP contribution in [0.2, 0.25) is 0 Å². The van der Waals surface area contributed by atoms with E-state index >= 15 is 0 Å². The Hall–Kier alpha value is -2.77. The molecule has 0 spiro atoms. The van der Waals surface area contributed by atoms with Crippen molar-refractivity contribution >= 4 is 11.9 Å². The van der Waals surface area contributed by atoms with Crippen molar-refractivity contribution in [2.45, 2.75) is 26.4 Å². The average Bonchev–Trinajstić information content (AvgIpc) is 3.00. The Balaban J connectivity index is 1.79. The second-order valence-electron chi connectivity index (χ2n) is 5.02. The fourth-order valence-electron chi connectivity index (χ4n) is 1.65. The zero-order chi connectivity index (χ0) is 16.8. The predicted octanol–water partition coefficient (Wildman–Crippen LogP) is 1.81. The van der Waals surface area contributed by atoms with Gasteiger partial charge in [0.2, 0.25) is 0 Å². The van der Waals surface area contributed by atoms with Crippen molar-refractivity contribution in [2.24, 2.45) is 0 Å². The largest absolute Gasteiger partial charge is 0.454 e. The van der Waals surface area contributed by atoms with Crippen LogP contribution in [0.25, 0.3) is 0 Å². The van der Waals surface area contributed by atoms with E-state index < -0.39 is 24.2 Å². The first-order valence-corrected chi connectivity index (χ1v) is 6.98.